The third-order valence-corrected chi connectivity index (χ3v) is 7.02. The van der Waals surface area contributed by atoms with E-state index in [1.807, 2.05) is 25.1 Å². The average molecular weight is 562 g/mol. The second-order valence-electron chi connectivity index (χ2n) is 10.6. The molecular weight excluding hydrogens is 518 g/mol. The van der Waals surface area contributed by atoms with Crippen LogP contribution in [0.2, 0.25) is 0 Å². The fourth-order valence-corrected chi connectivity index (χ4v) is 5.02. The lowest BCUT2D eigenvalue weighted by Gasteiger charge is -2.24. The number of esters is 1. The first-order valence-corrected chi connectivity index (χ1v) is 14.5. The van der Waals surface area contributed by atoms with Gasteiger partial charge in [0.25, 0.3) is 0 Å². The van der Waals surface area contributed by atoms with Crippen LogP contribution in [0, 0.1) is 13.8 Å². The number of imidazole rings is 1. The van der Waals surface area contributed by atoms with Crippen LogP contribution < -0.4 is 10.6 Å². The fourth-order valence-electron chi connectivity index (χ4n) is 5.02. The van der Waals surface area contributed by atoms with Crippen LogP contribution in [0.5, 0.6) is 0 Å². The van der Waals surface area contributed by atoms with Crippen molar-refractivity contribution in [1.82, 2.24) is 14.9 Å². The molecule has 3 N–H and O–H groups in total. The van der Waals surface area contributed by atoms with Crippen LogP contribution >= 0.6 is 0 Å². The largest absolute Gasteiger partial charge is 0.466 e. The van der Waals surface area contributed by atoms with Gasteiger partial charge in [0.1, 0.15) is 6.10 Å². The highest BCUT2D eigenvalue weighted by atomic mass is 16.5. The smallest absolute Gasteiger partial charge is 0.308 e. The summed E-state index contributed by atoms with van der Waals surface area (Å²) in [5.74, 6) is 0.418. The van der Waals surface area contributed by atoms with E-state index in [1.165, 1.54) is 5.56 Å². The minimum absolute atomic E-state index is 0.00348. The number of rotatable bonds is 15. The zero-order chi connectivity index (χ0) is 29.2. The zero-order valence-corrected chi connectivity index (χ0v) is 24.7. The van der Waals surface area contributed by atoms with E-state index in [0.717, 1.165) is 52.4 Å². The third-order valence-electron chi connectivity index (χ3n) is 7.02. The molecule has 0 spiro atoms. The van der Waals surface area contributed by atoms with Crippen molar-refractivity contribution < 1.29 is 19.4 Å². The van der Waals surface area contributed by atoms with Crippen LogP contribution in [0.1, 0.15) is 49.8 Å². The lowest BCUT2D eigenvalue weighted by Crippen LogP contribution is -2.31. The zero-order valence-electron chi connectivity index (χ0n) is 24.7. The van der Waals surface area contributed by atoms with Gasteiger partial charge in [0.05, 0.1) is 49.0 Å². The maximum Gasteiger partial charge on any atom is 0.308 e. The summed E-state index contributed by atoms with van der Waals surface area (Å²) in [6.45, 7) is 11.1. The lowest BCUT2D eigenvalue weighted by atomic mass is 10.1. The number of nitrogens with one attached hydrogen (secondary N) is 2. The Balaban J connectivity index is 1.42. The van der Waals surface area contributed by atoms with Crippen molar-refractivity contribution in [1.29, 1.82) is 0 Å². The molecule has 2 aromatic carbocycles. The van der Waals surface area contributed by atoms with Crippen LogP contribution in [0.25, 0.3) is 11.0 Å². The van der Waals surface area contributed by atoms with E-state index in [1.54, 1.807) is 6.92 Å². The predicted octanol–water partition coefficient (Wildman–Crippen LogP) is 4.69. The van der Waals surface area contributed by atoms with Crippen molar-refractivity contribution >= 4 is 28.7 Å². The summed E-state index contributed by atoms with van der Waals surface area (Å²) >= 11 is 0. The normalized spacial score (nSPS) is 15.9. The standard InChI is InChI=1S/C32H43N5O4/c1-5-40-30(39)18-26(38)19-33-14-9-15-34-32-36-31-23(3)16-22(2)17-28(31)37(32)20-27-29(13-12-24(4)35-27)41-21-25-10-7-6-8-11-25/h6-8,10-12,16-17,26,29,33,38H,5,9,13-15,18-21H2,1-4H3,(H,34,36). The molecule has 4 rings (SSSR count). The van der Waals surface area contributed by atoms with E-state index in [4.69, 9.17) is 19.5 Å². The molecule has 0 radical (unpaired) electrons. The molecule has 0 amide bonds. The molecule has 0 bridgehead atoms. The minimum Gasteiger partial charge on any atom is -0.466 e. The first-order valence-electron chi connectivity index (χ1n) is 14.5. The van der Waals surface area contributed by atoms with Crippen molar-refractivity contribution in [2.24, 2.45) is 4.99 Å². The molecule has 9 nitrogen and oxygen atoms in total. The molecule has 1 aromatic heterocycles. The van der Waals surface area contributed by atoms with Gasteiger partial charge in [-0.2, -0.15) is 0 Å². The Morgan fingerprint density at radius 3 is 2.76 bits per heavy atom. The average Bonchev–Trinajstić information content (AvgIpc) is 3.28. The molecular formula is C32H43N5O4. The maximum atomic E-state index is 11.5. The van der Waals surface area contributed by atoms with Gasteiger partial charge in [0.15, 0.2) is 0 Å². The van der Waals surface area contributed by atoms with E-state index >= 15 is 0 Å². The number of ether oxygens (including phenoxy) is 2. The second-order valence-corrected chi connectivity index (χ2v) is 10.6. The minimum atomic E-state index is -0.761. The number of aryl methyl sites for hydroxylation is 2. The summed E-state index contributed by atoms with van der Waals surface area (Å²) < 4.78 is 13.5. The first kappa shape index (κ1) is 30.4. The highest BCUT2D eigenvalue weighted by Gasteiger charge is 2.23. The summed E-state index contributed by atoms with van der Waals surface area (Å²) in [7, 11) is 0. The van der Waals surface area contributed by atoms with Gasteiger partial charge in [-0.15, -0.1) is 0 Å². The van der Waals surface area contributed by atoms with Crippen molar-refractivity contribution in [3.05, 3.63) is 70.9 Å². The number of benzene rings is 2. The van der Waals surface area contributed by atoms with Crippen molar-refractivity contribution in [3.63, 3.8) is 0 Å². The van der Waals surface area contributed by atoms with E-state index in [9.17, 15) is 9.90 Å². The van der Waals surface area contributed by atoms with E-state index < -0.39 is 6.10 Å². The van der Waals surface area contributed by atoms with Crippen molar-refractivity contribution in [2.45, 2.75) is 72.3 Å². The van der Waals surface area contributed by atoms with Gasteiger partial charge in [0, 0.05) is 18.8 Å². The number of carbonyl (C=O) groups excluding carboxylic acids is 1. The molecule has 1 aliphatic rings. The van der Waals surface area contributed by atoms with Gasteiger partial charge in [0.2, 0.25) is 5.95 Å². The number of allylic oxidation sites excluding steroid dienone is 1. The topological polar surface area (TPSA) is 110 Å². The summed E-state index contributed by atoms with van der Waals surface area (Å²) in [5, 5.41) is 16.8. The van der Waals surface area contributed by atoms with Gasteiger partial charge in [-0.1, -0.05) is 42.5 Å². The summed E-state index contributed by atoms with van der Waals surface area (Å²) in [6.07, 6.45) is 2.87. The number of aliphatic hydroxyl groups is 1. The Bertz CT molecular complexity index is 1370. The molecule has 0 saturated carbocycles. The number of anilines is 1. The SMILES string of the molecule is CCOC(=O)CC(O)CNCCCNc1nc2c(C)cc(C)cc2n1CC1=NC(C)=CCC1OCc1ccccc1. The first-order chi connectivity index (χ1) is 19.8. The molecule has 220 valence electrons. The van der Waals surface area contributed by atoms with E-state index in [-0.39, 0.29) is 18.5 Å². The van der Waals surface area contributed by atoms with E-state index in [0.29, 0.717) is 39.4 Å². The van der Waals surface area contributed by atoms with Crippen molar-refractivity contribution in [2.75, 3.05) is 31.6 Å². The molecule has 2 unspecified atom stereocenters. The molecule has 0 fully saturated rings. The van der Waals surface area contributed by atoms with Gasteiger partial charge >= 0.3 is 5.97 Å². The van der Waals surface area contributed by atoms with Crippen molar-refractivity contribution in [3.8, 4) is 0 Å². The van der Waals surface area contributed by atoms with Crippen LogP contribution in [-0.4, -0.2) is 64.8 Å². The second kappa shape index (κ2) is 14.9. The highest BCUT2D eigenvalue weighted by molar-refractivity contribution is 5.93. The Morgan fingerprint density at radius 2 is 1.98 bits per heavy atom. The van der Waals surface area contributed by atoms with Gasteiger partial charge in [-0.05, 0) is 69.8 Å². The molecule has 9 heteroatoms. The fraction of sp³-hybridized carbons (Fsp3) is 0.469. The molecule has 0 saturated heterocycles. The van der Waals surface area contributed by atoms with Crippen LogP contribution in [0.15, 0.2) is 59.2 Å². The number of hydrogen-bond donors (Lipinski definition) is 3. The molecule has 3 aromatic rings. The van der Waals surface area contributed by atoms with Crippen LogP contribution in [-0.2, 0) is 27.4 Å². The predicted molar refractivity (Wildman–Crippen MR) is 163 cm³/mol. The van der Waals surface area contributed by atoms with Gasteiger partial charge < -0.3 is 29.8 Å². The Kier molecular flexibility index (Phi) is 11.1. The third kappa shape index (κ3) is 8.73. The Hall–Kier alpha value is -3.53. The summed E-state index contributed by atoms with van der Waals surface area (Å²) in [4.78, 5) is 21.4. The number of fused-ring (bicyclic) bond motifs is 1. The molecule has 41 heavy (non-hydrogen) atoms. The monoisotopic (exact) mass is 561 g/mol. The van der Waals surface area contributed by atoms with Crippen LogP contribution in [0.4, 0.5) is 5.95 Å². The summed E-state index contributed by atoms with van der Waals surface area (Å²) in [5.41, 5.74) is 7.50. The maximum absolute atomic E-state index is 11.5. The number of carbonyl (C=O) groups is 1. The van der Waals surface area contributed by atoms with Gasteiger partial charge in [-0.3, -0.25) is 9.79 Å². The molecule has 1 aliphatic heterocycles. The number of aliphatic imine (C=N–C) groups is 1. The Labute approximate surface area is 242 Å². The number of hydrogen-bond acceptors (Lipinski definition) is 8. The number of aromatic nitrogens is 2. The number of aliphatic hydroxyl groups excluding tert-OH is 1. The van der Waals surface area contributed by atoms with Crippen LogP contribution in [0.3, 0.4) is 0 Å². The molecule has 2 atom stereocenters. The highest BCUT2D eigenvalue weighted by Crippen LogP contribution is 2.26. The lowest BCUT2D eigenvalue weighted by molar-refractivity contribution is -0.145. The quantitative estimate of drug-likeness (QED) is 0.182. The van der Waals surface area contributed by atoms with Gasteiger partial charge in [-0.25, -0.2) is 4.98 Å². The molecule has 2 heterocycles. The van der Waals surface area contributed by atoms with E-state index in [2.05, 4.69) is 59.4 Å². The molecule has 0 aliphatic carbocycles. The number of nitrogens with zero attached hydrogens (tertiary/aromatic N) is 3. The Morgan fingerprint density at radius 1 is 1.17 bits per heavy atom. The summed E-state index contributed by atoms with van der Waals surface area (Å²) in [6, 6.07) is 14.6.